The summed E-state index contributed by atoms with van der Waals surface area (Å²) in [7, 11) is 0. The van der Waals surface area contributed by atoms with Gasteiger partial charge < -0.3 is 10.2 Å². The summed E-state index contributed by atoms with van der Waals surface area (Å²) < 4.78 is 50.0. The Kier molecular flexibility index (Phi) is 5.36. The van der Waals surface area contributed by atoms with Crippen molar-refractivity contribution in [1.29, 1.82) is 0 Å². The lowest BCUT2D eigenvalue weighted by Gasteiger charge is -2.16. The predicted octanol–water partition coefficient (Wildman–Crippen LogP) is 3.65. The van der Waals surface area contributed by atoms with Crippen LogP contribution < -0.4 is 5.32 Å². The van der Waals surface area contributed by atoms with Gasteiger partial charge in [-0.3, -0.25) is 9.89 Å². The summed E-state index contributed by atoms with van der Waals surface area (Å²) in [6.07, 6.45) is -4.84. The molecule has 0 bridgehead atoms. The number of carbonyl (C=O) groups excluding carboxylic acids is 2. The summed E-state index contributed by atoms with van der Waals surface area (Å²) in [5.74, 6) is -3.70. The maximum absolute atomic E-state index is 13.1. The Balaban J connectivity index is 1.41. The van der Waals surface area contributed by atoms with Gasteiger partial charge in [0.2, 0.25) is 5.91 Å². The second kappa shape index (κ2) is 7.99. The zero-order chi connectivity index (χ0) is 22.2. The molecular weight excluding hydrogens is 420 g/mol. The van der Waals surface area contributed by atoms with Crippen LogP contribution in [0.5, 0.6) is 0 Å². The lowest BCUT2D eigenvalue weighted by atomic mass is 10.1. The van der Waals surface area contributed by atoms with Crippen LogP contribution in [0.2, 0.25) is 0 Å². The number of hydroxylamine groups is 2. The van der Waals surface area contributed by atoms with E-state index in [4.69, 9.17) is 0 Å². The molecule has 0 spiro atoms. The minimum atomic E-state index is -5.09. The van der Waals surface area contributed by atoms with Gasteiger partial charge in [-0.15, -0.1) is 5.06 Å². The standard InChI is InChI=1S/C20H16F4N4O3/c21-13-3-1-11(2-4-13)17-15-6-5-14(9-16(15)26-27-17)25-18(29)12-7-8-28(10-12)31-19(30)20(22,23)24/h1-6,9,12H,7-8,10H2,(H,25,29)(H,26,27). The molecule has 0 aliphatic carbocycles. The molecule has 11 heteroatoms. The molecule has 162 valence electrons. The highest BCUT2D eigenvalue weighted by molar-refractivity contribution is 5.98. The number of nitrogens with one attached hydrogen (secondary N) is 2. The predicted molar refractivity (Wildman–Crippen MR) is 102 cm³/mol. The fourth-order valence-corrected chi connectivity index (χ4v) is 3.36. The fourth-order valence-electron chi connectivity index (χ4n) is 3.36. The number of aromatic amines is 1. The molecule has 1 aliphatic heterocycles. The number of benzene rings is 2. The van der Waals surface area contributed by atoms with E-state index in [-0.39, 0.29) is 25.3 Å². The van der Waals surface area contributed by atoms with Crippen molar-refractivity contribution in [3.05, 3.63) is 48.3 Å². The SMILES string of the molecule is O=C(Nc1ccc2c(-c3ccc(F)cc3)n[nH]c2c1)C1CCN(OC(=O)C(F)(F)F)C1. The quantitative estimate of drug-likeness (QED) is 0.610. The van der Waals surface area contributed by atoms with E-state index < -0.39 is 24.0 Å². The van der Waals surface area contributed by atoms with Crippen LogP contribution in [0.3, 0.4) is 0 Å². The van der Waals surface area contributed by atoms with Gasteiger partial charge in [-0.05, 0) is 48.9 Å². The first-order valence-electron chi connectivity index (χ1n) is 9.30. The minimum absolute atomic E-state index is 0.0283. The Morgan fingerprint density at radius 3 is 2.61 bits per heavy atom. The van der Waals surface area contributed by atoms with Crippen LogP contribution in [-0.4, -0.2) is 46.4 Å². The molecule has 0 radical (unpaired) electrons. The van der Waals surface area contributed by atoms with Crippen LogP contribution in [0.1, 0.15) is 6.42 Å². The molecule has 2 aromatic carbocycles. The molecule has 3 aromatic rings. The maximum atomic E-state index is 13.1. The van der Waals surface area contributed by atoms with Crippen molar-refractivity contribution in [3.63, 3.8) is 0 Å². The minimum Gasteiger partial charge on any atom is -0.361 e. The van der Waals surface area contributed by atoms with Crippen LogP contribution in [0, 0.1) is 11.7 Å². The number of anilines is 1. The average Bonchev–Trinajstić information content (AvgIpc) is 3.35. The van der Waals surface area contributed by atoms with Crippen molar-refractivity contribution in [1.82, 2.24) is 15.3 Å². The Morgan fingerprint density at radius 1 is 1.16 bits per heavy atom. The molecule has 2 N–H and O–H groups in total. The van der Waals surface area contributed by atoms with Crippen molar-refractivity contribution in [2.75, 3.05) is 18.4 Å². The Hall–Kier alpha value is -3.47. The first-order valence-corrected chi connectivity index (χ1v) is 9.30. The molecule has 1 atom stereocenters. The van der Waals surface area contributed by atoms with Gasteiger partial charge >= 0.3 is 12.1 Å². The van der Waals surface area contributed by atoms with E-state index in [0.717, 1.165) is 16.0 Å². The molecule has 0 saturated carbocycles. The summed E-state index contributed by atoms with van der Waals surface area (Å²) >= 11 is 0. The van der Waals surface area contributed by atoms with Gasteiger partial charge in [-0.1, -0.05) is 0 Å². The van der Waals surface area contributed by atoms with Crippen molar-refractivity contribution in [3.8, 4) is 11.3 Å². The van der Waals surface area contributed by atoms with E-state index in [9.17, 15) is 27.2 Å². The van der Waals surface area contributed by atoms with Gasteiger partial charge in [-0.2, -0.15) is 18.3 Å². The monoisotopic (exact) mass is 436 g/mol. The second-order valence-corrected chi connectivity index (χ2v) is 7.08. The van der Waals surface area contributed by atoms with Gasteiger partial charge in [0.15, 0.2) is 0 Å². The van der Waals surface area contributed by atoms with Gasteiger partial charge in [0.1, 0.15) is 5.82 Å². The number of aromatic nitrogens is 2. The van der Waals surface area contributed by atoms with E-state index >= 15 is 0 Å². The molecule has 7 nitrogen and oxygen atoms in total. The van der Waals surface area contributed by atoms with Crippen LogP contribution in [0.4, 0.5) is 23.2 Å². The highest BCUT2D eigenvalue weighted by atomic mass is 19.4. The number of nitrogens with zero attached hydrogens (tertiary/aromatic N) is 2. The smallest absolute Gasteiger partial charge is 0.361 e. The highest BCUT2D eigenvalue weighted by Gasteiger charge is 2.44. The van der Waals surface area contributed by atoms with Crippen LogP contribution in [0.15, 0.2) is 42.5 Å². The Morgan fingerprint density at radius 2 is 1.90 bits per heavy atom. The van der Waals surface area contributed by atoms with Crippen molar-refractivity contribution in [2.24, 2.45) is 5.92 Å². The van der Waals surface area contributed by atoms with E-state index in [1.165, 1.54) is 12.1 Å². The third kappa shape index (κ3) is 4.50. The molecule has 1 fully saturated rings. The van der Waals surface area contributed by atoms with Gasteiger partial charge in [0.05, 0.1) is 17.1 Å². The normalized spacial score (nSPS) is 17.1. The first kappa shape index (κ1) is 20.8. The van der Waals surface area contributed by atoms with Gasteiger partial charge in [0.25, 0.3) is 0 Å². The Bertz CT molecular complexity index is 1130. The number of hydrogen-bond donors (Lipinski definition) is 2. The first-order chi connectivity index (χ1) is 14.7. The number of alkyl halides is 3. The van der Waals surface area contributed by atoms with Gasteiger partial charge in [-0.25, -0.2) is 9.18 Å². The molecule has 4 rings (SSSR count). The third-order valence-corrected chi connectivity index (χ3v) is 4.91. The van der Waals surface area contributed by atoms with Crippen LogP contribution in [0.25, 0.3) is 22.2 Å². The zero-order valence-electron chi connectivity index (χ0n) is 15.9. The number of H-pyrrole nitrogens is 1. The summed E-state index contributed by atoms with van der Waals surface area (Å²) in [6, 6.07) is 11.0. The second-order valence-electron chi connectivity index (χ2n) is 7.08. The summed E-state index contributed by atoms with van der Waals surface area (Å²) in [5.41, 5.74) is 2.47. The summed E-state index contributed by atoms with van der Waals surface area (Å²) in [6.45, 7) is -0.102. The van der Waals surface area contributed by atoms with E-state index in [1.54, 1.807) is 30.3 Å². The third-order valence-electron chi connectivity index (χ3n) is 4.91. The summed E-state index contributed by atoms with van der Waals surface area (Å²) in [5, 5.41) is 11.4. The number of halogens is 4. The van der Waals surface area contributed by atoms with Crippen molar-refractivity contribution in [2.45, 2.75) is 12.6 Å². The van der Waals surface area contributed by atoms with Crippen LogP contribution >= 0.6 is 0 Å². The fraction of sp³-hybridized carbons (Fsp3) is 0.250. The summed E-state index contributed by atoms with van der Waals surface area (Å²) in [4.78, 5) is 27.7. The topological polar surface area (TPSA) is 87.3 Å². The molecule has 1 amide bonds. The van der Waals surface area contributed by atoms with Gasteiger partial charge in [0, 0.05) is 29.7 Å². The van der Waals surface area contributed by atoms with E-state index in [0.29, 0.717) is 16.9 Å². The van der Waals surface area contributed by atoms with Crippen molar-refractivity contribution >= 4 is 28.5 Å². The largest absolute Gasteiger partial charge is 0.492 e. The highest BCUT2D eigenvalue weighted by Crippen LogP contribution is 2.29. The molecule has 2 heterocycles. The molecule has 31 heavy (non-hydrogen) atoms. The molecule has 1 unspecified atom stereocenters. The lowest BCUT2D eigenvalue weighted by molar-refractivity contribution is -0.235. The molecular formula is C20H16F4N4O3. The lowest BCUT2D eigenvalue weighted by Crippen LogP contribution is -2.34. The number of fused-ring (bicyclic) bond motifs is 1. The number of rotatable bonds is 4. The molecule has 1 aliphatic rings. The molecule has 1 saturated heterocycles. The Labute approximate surface area is 172 Å². The number of amides is 1. The zero-order valence-corrected chi connectivity index (χ0v) is 15.9. The van der Waals surface area contributed by atoms with Crippen molar-refractivity contribution < 1.29 is 32.0 Å². The molecule has 1 aromatic heterocycles. The van der Waals surface area contributed by atoms with E-state index in [2.05, 4.69) is 20.4 Å². The number of carbonyl (C=O) groups is 2. The van der Waals surface area contributed by atoms with E-state index in [1.807, 2.05) is 0 Å². The average molecular weight is 436 g/mol. The maximum Gasteiger partial charge on any atom is 0.492 e. The number of hydrogen-bond acceptors (Lipinski definition) is 5. The van der Waals surface area contributed by atoms with Crippen LogP contribution in [-0.2, 0) is 14.4 Å².